The number of carbonyl (C=O) groups is 1. The van der Waals surface area contributed by atoms with Crippen molar-refractivity contribution in [2.45, 2.75) is 25.2 Å². The Labute approximate surface area is 151 Å². The van der Waals surface area contributed by atoms with E-state index in [0.29, 0.717) is 41.4 Å². The highest BCUT2D eigenvalue weighted by molar-refractivity contribution is 6.09. The minimum absolute atomic E-state index is 0.129. The van der Waals surface area contributed by atoms with Crippen LogP contribution in [-0.4, -0.2) is 36.3 Å². The summed E-state index contributed by atoms with van der Waals surface area (Å²) in [7, 11) is 1.65. The van der Waals surface area contributed by atoms with Crippen LogP contribution in [0.3, 0.4) is 0 Å². The van der Waals surface area contributed by atoms with Gasteiger partial charge in [-0.3, -0.25) is 4.79 Å². The molecular formula is C20H21N3O3. The molecule has 0 unspecified atom stereocenters. The molecule has 6 heteroatoms. The van der Waals surface area contributed by atoms with Gasteiger partial charge in [0, 0.05) is 37.4 Å². The zero-order valence-electron chi connectivity index (χ0n) is 14.7. The highest BCUT2D eigenvalue weighted by Gasteiger charge is 2.29. The second kappa shape index (κ2) is 7.25. The van der Waals surface area contributed by atoms with E-state index < -0.39 is 0 Å². The minimum atomic E-state index is -0.129. The van der Waals surface area contributed by atoms with Crippen molar-refractivity contribution in [2.75, 3.05) is 20.3 Å². The summed E-state index contributed by atoms with van der Waals surface area (Å²) < 4.78 is 10.5. The van der Waals surface area contributed by atoms with Crippen LogP contribution in [0.1, 0.15) is 41.2 Å². The number of methoxy groups -OCH3 is 1. The van der Waals surface area contributed by atoms with E-state index in [9.17, 15) is 4.79 Å². The van der Waals surface area contributed by atoms with Crippen LogP contribution < -0.4 is 5.32 Å². The lowest BCUT2D eigenvalue weighted by Gasteiger charge is -2.08. The number of carbonyl (C=O) groups excluding carboxylic acids is 1. The number of nitrogens with one attached hydrogen (secondary N) is 1. The lowest BCUT2D eigenvalue weighted by Crippen LogP contribution is -2.25. The fourth-order valence-electron chi connectivity index (χ4n) is 3.04. The zero-order valence-corrected chi connectivity index (χ0v) is 14.7. The van der Waals surface area contributed by atoms with Gasteiger partial charge in [-0.25, -0.2) is 4.98 Å². The average molecular weight is 351 g/mol. The summed E-state index contributed by atoms with van der Waals surface area (Å²) >= 11 is 0. The maximum Gasteiger partial charge on any atom is 0.259 e. The number of aromatic nitrogens is 2. The maximum absolute atomic E-state index is 12.8. The Hall–Kier alpha value is -2.73. The van der Waals surface area contributed by atoms with Crippen molar-refractivity contribution in [3.05, 3.63) is 47.7 Å². The fraction of sp³-hybridized carbons (Fsp3) is 0.350. The van der Waals surface area contributed by atoms with E-state index in [1.54, 1.807) is 7.11 Å². The van der Waals surface area contributed by atoms with Crippen molar-refractivity contribution < 1.29 is 14.1 Å². The predicted molar refractivity (Wildman–Crippen MR) is 98.0 cm³/mol. The number of nitrogens with zero attached hydrogens (tertiary/aromatic N) is 2. The molecule has 1 N–H and O–H groups in total. The largest absolute Gasteiger partial charge is 0.385 e. The molecule has 1 saturated carbocycles. The summed E-state index contributed by atoms with van der Waals surface area (Å²) in [6.07, 6.45) is 2.97. The van der Waals surface area contributed by atoms with Gasteiger partial charge in [0.15, 0.2) is 0 Å². The van der Waals surface area contributed by atoms with Crippen LogP contribution in [0.5, 0.6) is 0 Å². The van der Waals surface area contributed by atoms with Crippen LogP contribution in [0.4, 0.5) is 0 Å². The fourth-order valence-corrected chi connectivity index (χ4v) is 3.04. The molecule has 1 aromatic carbocycles. The summed E-state index contributed by atoms with van der Waals surface area (Å²) in [5.41, 5.74) is 3.47. The second-order valence-electron chi connectivity index (χ2n) is 6.55. The molecule has 1 aliphatic rings. The van der Waals surface area contributed by atoms with Gasteiger partial charge >= 0.3 is 0 Å². The summed E-state index contributed by atoms with van der Waals surface area (Å²) in [5, 5.41) is 7.84. The molecule has 0 atom stereocenters. The number of ether oxygens (including phenoxy) is 1. The minimum Gasteiger partial charge on any atom is -0.385 e. The van der Waals surface area contributed by atoms with Crippen molar-refractivity contribution in [1.82, 2.24) is 15.5 Å². The van der Waals surface area contributed by atoms with E-state index in [2.05, 4.69) is 15.5 Å². The number of rotatable bonds is 7. The van der Waals surface area contributed by atoms with Crippen molar-refractivity contribution >= 4 is 17.0 Å². The Morgan fingerprint density at radius 3 is 2.85 bits per heavy atom. The van der Waals surface area contributed by atoms with Gasteiger partial charge in [0.05, 0.1) is 10.9 Å². The molecular weight excluding hydrogens is 330 g/mol. The first kappa shape index (κ1) is 16.7. The molecule has 26 heavy (non-hydrogen) atoms. The molecule has 3 aromatic rings. The van der Waals surface area contributed by atoms with Crippen LogP contribution in [0.2, 0.25) is 0 Å². The molecule has 2 aromatic heterocycles. The van der Waals surface area contributed by atoms with Crippen LogP contribution in [-0.2, 0) is 4.74 Å². The number of hydrogen-bond donors (Lipinski definition) is 1. The van der Waals surface area contributed by atoms with Crippen LogP contribution >= 0.6 is 0 Å². The van der Waals surface area contributed by atoms with Crippen molar-refractivity contribution in [1.29, 1.82) is 0 Å². The zero-order chi connectivity index (χ0) is 17.9. The van der Waals surface area contributed by atoms with Gasteiger partial charge in [-0.05, 0) is 25.3 Å². The number of hydrogen-bond acceptors (Lipinski definition) is 5. The molecule has 6 nitrogen and oxygen atoms in total. The summed E-state index contributed by atoms with van der Waals surface area (Å²) in [6.45, 7) is 1.17. The lowest BCUT2D eigenvalue weighted by molar-refractivity contribution is 0.0950. The van der Waals surface area contributed by atoms with E-state index >= 15 is 0 Å². The Kier molecular flexibility index (Phi) is 4.67. The number of fused-ring (bicyclic) bond motifs is 1. The molecule has 1 amide bonds. The normalized spacial score (nSPS) is 13.9. The van der Waals surface area contributed by atoms with Crippen LogP contribution in [0.25, 0.3) is 22.4 Å². The van der Waals surface area contributed by atoms with Gasteiger partial charge in [0.2, 0.25) is 0 Å². The van der Waals surface area contributed by atoms with Gasteiger partial charge in [-0.1, -0.05) is 35.5 Å². The van der Waals surface area contributed by atoms with Gasteiger partial charge in [-0.15, -0.1) is 0 Å². The molecule has 0 aliphatic heterocycles. The third-order valence-electron chi connectivity index (χ3n) is 4.56. The first-order valence-electron chi connectivity index (χ1n) is 8.91. The van der Waals surface area contributed by atoms with Gasteiger partial charge in [0.1, 0.15) is 5.69 Å². The quantitative estimate of drug-likeness (QED) is 0.659. The molecule has 134 valence electrons. The Bertz CT molecular complexity index is 917. The topological polar surface area (TPSA) is 77.2 Å². The van der Waals surface area contributed by atoms with E-state index in [-0.39, 0.29) is 5.91 Å². The smallest absolute Gasteiger partial charge is 0.259 e. The Morgan fingerprint density at radius 1 is 1.31 bits per heavy atom. The molecule has 0 spiro atoms. The highest BCUT2D eigenvalue weighted by Crippen LogP contribution is 2.41. The van der Waals surface area contributed by atoms with Crippen LogP contribution in [0.15, 0.2) is 40.9 Å². The molecule has 0 bridgehead atoms. The highest BCUT2D eigenvalue weighted by atomic mass is 16.5. The number of benzene rings is 1. The SMILES string of the molecule is COCCCNC(=O)c1cc(C2CC2)nc2onc(-c3ccccc3)c12. The second-order valence-corrected chi connectivity index (χ2v) is 6.55. The van der Waals surface area contributed by atoms with E-state index in [1.165, 1.54) is 0 Å². The van der Waals surface area contributed by atoms with Crippen molar-refractivity contribution in [3.8, 4) is 11.3 Å². The number of amides is 1. The summed E-state index contributed by atoms with van der Waals surface area (Å²) in [6, 6.07) is 11.6. The third kappa shape index (κ3) is 3.32. The van der Waals surface area contributed by atoms with Crippen LogP contribution in [0, 0.1) is 0 Å². The van der Waals surface area contributed by atoms with Crippen molar-refractivity contribution in [3.63, 3.8) is 0 Å². The Balaban J connectivity index is 1.75. The van der Waals surface area contributed by atoms with E-state index in [1.807, 2.05) is 36.4 Å². The monoisotopic (exact) mass is 351 g/mol. The molecule has 2 heterocycles. The first-order valence-corrected chi connectivity index (χ1v) is 8.91. The first-order chi connectivity index (χ1) is 12.8. The summed E-state index contributed by atoms with van der Waals surface area (Å²) in [4.78, 5) is 17.5. The van der Waals surface area contributed by atoms with Gasteiger partial charge in [-0.2, -0.15) is 0 Å². The molecule has 0 radical (unpaired) electrons. The molecule has 0 saturated heterocycles. The Morgan fingerprint density at radius 2 is 2.12 bits per heavy atom. The lowest BCUT2D eigenvalue weighted by atomic mass is 10.0. The standard InChI is InChI=1S/C20H21N3O3/c1-25-11-5-10-21-19(24)15-12-16(13-8-9-13)22-20-17(15)18(23-26-20)14-6-3-2-4-7-14/h2-4,6-7,12-13H,5,8-11H2,1H3,(H,21,24). The number of pyridine rings is 1. The van der Waals surface area contributed by atoms with Gasteiger partial charge < -0.3 is 14.6 Å². The molecule has 4 rings (SSSR count). The molecule has 1 fully saturated rings. The van der Waals surface area contributed by atoms with E-state index in [4.69, 9.17) is 9.26 Å². The third-order valence-corrected chi connectivity index (χ3v) is 4.56. The maximum atomic E-state index is 12.8. The predicted octanol–water partition coefficient (Wildman–Crippen LogP) is 3.53. The van der Waals surface area contributed by atoms with E-state index in [0.717, 1.165) is 30.5 Å². The molecule has 1 aliphatic carbocycles. The van der Waals surface area contributed by atoms with Gasteiger partial charge in [0.25, 0.3) is 11.6 Å². The summed E-state index contributed by atoms with van der Waals surface area (Å²) in [5.74, 6) is 0.292. The average Bonchev–Trinajstić information content (AvgIpc) is 3.44. The van der Waals surface area contributed by atoms with Crippen molar-refractivity contribution in [2.24, 2.45) is 0 Å².